The lowest BCUT2D eigenvalue weighted by molar-refractivity contribution is 0.350. The van der Waals surface area contributed by atoms with Crippen LogP contribution in [0, 0.1) is 0 Å². The normalized spacial score (nSPS) is 12.0. The molecule has 48 heavy (non-hydrogen) atoms. The van der Waals surface area contributed by atoms with Gasteiger partial charge in [-0.05, 0) is 47.5 Å². The first-order chi connectivity index (χ1) is 23.2. The highest BCUT2D eigenvalue weighted by molar-refractivity contribution is 6.29. The Labute approximate surface area is 268 Å². The van der Waals surface area contributed by atoms with Crippen LogP contribution in [0.2, 0.25) is 0 Å². The van der Waals surface area contributed by atoms with Gasteiger partial charge in [-0.25, -0.2) is 0 Å². The van der Waals surface area contributed by atoms with Gasteiger partial charge in [0.25, 0.3) is 0 Å². The van der Waals surface area contributed by atoms with Gasteiger partial charge in [0.15, 0.2) is 23.0 Å². The Hall–Kier alpha value is -6.94. The number of fused-ring (bicyclic) bond motifs is 8. The van der Waals surface area contributed by atoms with E-state index in [1.165, 1.54) is 0 Å². The highest BCUT2D eigenvalue weighted by Gasteiger charge is 2.32. The van der Waals surface area contributed by atoms with E-state index in [4.69, 9.17) is 8.83 Å². The number of benzene rings is 7. The monoisotopic (exact) mass is 638 g/mol. The lowest BCUT2D eigenvalue weighted by Crippen LogP contribution is -1.94. The quantitative estimate of drug-likeness (QED) is 0.0516. The zero-order valence-electron chi connectivity index (χ0n) is 24.5. The van der Waals surface area contributed by atoms with E-state index >= 15 is 0 Å². The van der Waals surface area contributed by atoms with Gasteiger partial charge in [0, 0.05) is 54.2 Å². The predicted octanol–water partition coefficient (Wildman–Crippen LogP) is 8.77. The first kappa shape index (κ1) is 27.4. The lowest BCUT2D eigenvalue weighted by atomic mass is 9.83. The number of rotatable bonds is 2. The second-order valence-electron chi connectivity index (χ2n) is 11.7. The van der Waals surface area contributed by atoms with Crippen LogP contribution >= 0.6 is 0 Å². The number of hydrogen-bond donors (Lipinski definition) is 8. The Balaban J connectivity index is 1.51. The van der Waals surface area contributed by atoms with Crippen LogP contribution in [0.1, 0.15) is 0 Å². The topological polar surface area (TPSA) is 188 Å². The maximum atomic E-state index is 11.5. The third-order valence-corrected chi connectivity index (χ3v) is 9.13. The molecule has 8 N–H and O–H groups in total. The number of phenols is 8. The van der Waals surface area contributed by atoms with Gasteiger partial charge >= 0.3 is 0 Å². The minimum absolute atomic E-state index is 0.0675. The molecular formula is C38H22O10. The van der Waals surface area contributed by atoms with Crippen LogP contribution in [0.15, 0.2) is 93.8 Å². The summed E-state index contributed by atoms with van der Waals surface area (Å²) in [5.41, 5.74) is 2.40. The van der Waals surface area contributed by atoms with Crippen molar-refractivity contribution < 1.29 is 49.7 Å². The summed E-state index contributed by atoms with van der Waals surface area (Å²) in [6.07, 6.45) is 0. The third-order valence-electron chi connectivity index (χ3n) is 9.13. The Morgan fingerprint density at radius 2 is 0.625 bits per heavy atom. The summed E-state index contributed by atoms with van der Waals surface area (Å²) in [5, 5.41) is 91.4. The fourth-order valence-corrected chi connectivity index (χ4v) is 6.96. The number of para-hydroxylation sites is 2. The van der Waals surface area contributed by atoms with E-state index in [0.717, 1.165) is 21.5 Å². The maximum Gasteiger partial charge on any atom is 0.204 e. The van der Waals surface area contributed by atoms with Crippen molar-refractivity contribution in [1.82, 2.24) is 0 Å². The van der Waals surface area contributed by atoms with Crippen molar-refractivity contribution >= 4 is 65.4 Å². The standard InChI is InChI=1S/C38H22O10/c39-31-27-25(15-9-11-19-17-5-1-3-7-21(17)47-23(19)13-15)28-30(34(42)38(46)36(44)32(28)40)26(29(27)33(41)37(45)35(31)43)16-10-12-20-18-6-2-4-8-22(18)48-24(20)14-16/h1-14,39-46H. The first-order valence-corrected chi connectivity index (χ1v) is 14.7. The molecule has 2 aromatic heterocycles. The fourth-order valence-electron chi connectivity index (χ4n) is 6.96. The molecule has 9 rings (SSSR count). The van der Waals surface area contributed by atoms with Crippen molar-refractivity contribution in [1.29, 1.82) is 0 Å². The molecule has 0 atom stereocenters. The van der Waals surface area contributed by atoms with Gasteiger partial charge in [-0.2, -0.15) is 0 Å². The highest BCUT2D eigenvalue weighted by atomic mass is 16.4. The van der Waals surface area contributed by atoms with Gasteiger partial charge in [-0.1, -0.05) is 48.5 Å². The Morgan fingerprint density at radius 3 is 0.979 bits per heavy atom. The van der Waals surface area contributed by atoms with E-state index < -0.39 is 46.0 Å². The number of hydrogen-bond acceptors (Lipinski definition) is 10. The summed E-state index contributed by atoms with van der Waals surface area (Å²) in [5.74, 6) is -7.63. The van der Waals surface area contributed by atoms with E-state index in [1.807, 2.05) is 36.4 Å². The van der Waals surface area contributed by atoms with Gasteiger partial charge in [-0.3, -0.25) is 0 Å². The van der Waals surface area contributed by atoms with Crippen LogP contribution in [0.3, 0.4) is 0 Å². The average molecular weight is 639 g/mol. The molecule has 0 spiro atoms. The molecule has 2 heterocycles. The average Bonchev–Trinajstić information content (AvgIpc) is 3.67. The molecule has 234 valence electrons. The summed E-state index contributed by atoms with van der Waals surface area (Å²) in [6, 6.07) is 24.7. The largest absolute Gasteiger partial charge is 0.504 e. The van der Waals surface area contributed by atoms with Crippen molar-refractivity contribution in [3.05, 3.63) is 84.9 Å². The highest BCUT2D eigenvalue weighted by Crippen LogP contribution is 2.62. The molecule has 9 aromatic rings. The molecule has 0 aliphatic rings. The van der Waals surface area contributed by atoms with Gasteiger partial charge < -0.3 is 49.7 Å². The van der Waals surface area contributed by atoms with E-state index in [-0.39, 0.29) is 43.8 Å². The molecule has 10 nitrogen and oxygen atoms in total. The minimum Gasteiger partial charge on any atom is -0.504 e. The Morgan fingerprint density at radius 1 is 0.312 bits per heavy atom. The zero-order chi connectivity index (χ0) is 33.2. The molecule has 0 saturated carbocycles. The fraction of sp³-hybridized carbons (Fsp3) is 0. The molecule has 0 unspecified atom stereocenters. The summed E-state index contributed by atoms with van der Waals surface area (Å²) in [6.45, 7) is 0. The molecule has 0 aliphatic carbocycles. The third kappa shape index (κ3) is 3.40. The van der Waals surface area contributed by atoms with Crippen molar-refractivity contribution in [2.75, 3.05) is 0 Å². The molecule has 0 bridgehead atoms. The van der Waals surface area contributed by atoms with Crippen molar-refractivity contribution in [2.24, 2.45) is 0 Å². The van der Waals surface area contributed by atoms with E-state index in [2.05, 4.69) is 0 Å². The van der Waals surface area contributed by atoms with Crippen LogP contribution in [0.4, 0.5) is 0 Å². The molecule has 0 radical (unpaired) electrons. The minimum atomic E-state index is -1.05. The molecule has 0 saturated heterocycles. The molecule has 0 fully saturated rings. The second-order valence-corrected chi connectivity index (χ2v) is 11.7. The second kappa shape index (κ2) is 9.30. The van der Waals surface area contributed by atoms with Crippen LogP contribution in [-0.2, 0) is 0 Å². The smallest absolute Gasteiger partial charge is 0.204 e. The Bertz CT molecular complexity index is 2600. The zero-order valence-corrected chi connectivity index (χ0v) is 24.5. The summed E-state index contributed by atoms with van der Waals surface area (Å²) in [4.78, 5) is 0. The maximum absolute atomic E-state index is 11.5. The Kier molecular flexibility index (Phi) is 5.31. The van der Waals surface area contributed by atoms with E-state index in [9.17, 15) is 40.9 Å². The molecule has 10 heteroatoms. The van der Waals surface area contributed by atoms with E-state index in [0.29, 0.717) is 22.3 Å². The van der Waals surface area contributed by atoms with Gasteiger partial charge in [0.05, 0.1) is 0 Å². The summed E-state index contributed by atoms with van der Waals surface area (Å²) >= 11 is 0. The van der Waals surface area contributed by atoms with Crippen LogP contribution in [0.5, 0.6) is 46.0 Å². The van der Waals surface area contributed by atoms with Crippen molar-refractivity contribution in [3.63, 3.8) is 0 Å². The van der Waals surface area contributed by atoms with Gasteiger partial charge in [0.1, 0.15) is 22.3 Å². The SMILES string of the molecule is Oc1c(O)c(O)c2c(-c3ccc4c(c3)oc3ccccc34)c3c(O)c(O)c(O)c(O)c3c(-c3ccc4c(c3)oc3ccccc34)c2c1O. The number of phenolic OH excluding ortho intramolecular Hbond substituents is 8. The lowest BCUT2D eigenvalue weighted by Gasteiger charge is -2.22. The van der Waals surface area contributed by atoms with Crippen LogP contribution in [0.25, 0.3) is 87.7 Å². The molecule has 7 aromatic carbocycles. The van der Waals surface area contributed by atoms with Crippen LogP contribution in [-0.4, -0.2) is 40.9 Å². The van der Waals surface area contributed by atoms with Crippen LogP contribution < -0.4 is 0 Å². The van der Waals surface area contributed by atoms with E-state index in [1.54, 1.807) is 48.5 Å². The first-order valence-electron chi connectivity index (χ1n) is 14.7. The molecular weight excluding hydrogens is 616 g/mol. The number of aromatic hydroxyl groups is 8. The van der Waals surface area contributed by atoms with Crippen molar-refractivity contribution in [2.45, 2.75) is 0 Å². The number of furan rings is 2. The van der Waals surface area contributed by atoms with Gasteiger partial charge in [-0.15, -0.1) is 0 Å². The van der Waals surface area contributed by atoms with Crippen molar-refractivity contribution in [3.8, 4) is 68.2 Å². The predicted molar refractivity (Wildman–Crippen MR) is 180 cm³/mol. The summed E-state index contributed by atoms with van der Waals surface area (Å²) < 4.78 is 12.2. The molecule has 0 aliphatic heterocycles. The van der Waals surface area contributed by atoms with Gasteiger partial charge in [0.2, 0.25) is 23.0 Å². The molecule has 0 amide bonds. The summed E-state index contributed by atoms with van der Waals surface area (Å²) in [7, 11) is 0.